The van der Waals surface area contributed by atoms with Crippen molar-refractivity contribution in [1.29, 1.82) is 0 Å². The molecule has 8 heteroatoms. The lowest BCUT2D eigenvalue weighted by Gasteiger charge is -2.08. The lowest BCUT2D eigenvalue weighted by molar-refractivity contribution is -0.384. The predicted molar refractivity (Wildman–Crippen MR) is 107 cm³/mol. The standard InChI is InChI=1S/C20H22N4O4/c1-14-8-10-17(24(27)28)13-18(14)21-20(26)12-15(2)22-23-19(25)11-9-16-6-4-3-5-7-16/h3-8,10,13H,9,11-12H2,1-2H3,(H,21,26)(H,23,25)/b22-15-. The number of nitro groups is 1. The van der Waals surface area contributed by atoms with Crippen LogP contribution in [0.3, 0.4) is 0 Å². The number of non-ortho nitro benzene ring substituents is 1. The van der Waals surface area contributed by atoms with Crippen LogP contribution in [0, 0.1) is 17.0 Å². The summed E-state index contributed by atoms with van der Waals surface area (Å²) in [4.78, 5) is 34.3. The summed E-state index contributed by atoms with van der Waals surface area (Å²) < 4.78 is 0. The van der Waals surface area contributed by atoms with Crippen LogP contribution in [0.15, 0.2) is 53.6 Å². The summed E-state index contributed by atoms with van der Waals surface area (Å²) in [6, 6.07) is 13.9. The minimum Gasteiger partial charge on any atom is -0.325 e. The van der Waals surface area contributed by atoms with Crippen molar-refractivity contribution in [1.82, 2.24) is 5.43 Å². The third-order valence-corrected chi connectivity index (χ3v) is 3.98. The average Bonchev–Trinajstić information content (AvgIpc) is 2.67. The van der Waals surface area contributed by atoms with Gasteiger partial charge in [-0.15, -0.1) is 0 Å². The van der Waals surface area contributed by atoms with Gasteiger partial charge in [-0.25, -0.2) is 5.43 Å². The predicted octanol–water partition coefficient (Wildman–Crippen LogP) is 3.36. The number of benzene rings is 2. The number of aryl methyl sites for hydroxylation is 2. The van der Waals surface area contributed by atoms with Crippen molar-refractivity contribution < 1.29 is 14.5 Å². The highest BCUT2D eigenvalue weighted by Gasteiger charge is 2.12. The third-order valence-electron chi connectivity index (χ3n) is 3.98. The molecule has 2 rings (SSSR count). The molecule has 0 saturated carbocycles. The number of nitro benzene ring substituents is 1. The lowest BCUT2D eigenvalue weighted by atomic mass is 10.1. The number of carbonyl (C=O) groups excluding carboxylic acids is 2. The van der Waals surface area contributed by atoms with E-state index >= 15 is 0 Å². The van der Waals surface area contributed by atoms with Gasteiger partial charge in [0, 0.05) is 24.3 Å². The van der Waals surface area contributed by atoms with E-state index in [2.05, 4.69) is 15.8 Å². The second-order valence-corrected chi connectivity index (χ2v) is 6.35. The van der Waals surface area contributed by atoms with E-state index in [1.54, 1.807) is 19.9 Å². The first-order valence-electron chi connectivity index (χ1n) is 8.76. The zero-order chi connectivity index (χ0) is 20.5. The van der Waals surface area contributed by atoms with Crippen molar-refractivity contribution in [3.63, 3.8) is 0 Å². The fraction of sp³-hybridized carbons (Fsp3) is 0.250. The van der Waals surface area contributed by atoms with Crippen molar-refractivity contribution in [2.75, 3.05) is 5.32 Å². The first-order valence-corrected chi connectivity index (χ1v) is 8.76. The Morgan fingerprint density at radius 2 is 1.82 bits per heavy atom. The first kappa shape index (κ1) is 20.8. The van der Waals surface area contributed by atoms with Crippen molar-refractivity contribution in [3.05, 3.63) is 69.8 Å². The molecular formula is C20H22N4O4. The number of hydrazone groups is 1. The molecular weight excluding hydrogens is 360 g/mol. The molecule has 0 atom stereocenters. The molecule has 2 aromatic rings. The molecule has 2 amide bonds. The van der Waals surface area contributed by atoms with Gasteiger partial charge in [-0.1, -0.05) is 36.4 Å². The lowest BCUT2D eigenvalue weighted by Crippen LogP contribution is -2.21. The van der Waals surface area contributed by atoms with Crippen LogP contribution >= 0.6 is 0 Å². The molecule has 8 nitrogen and oxygen atoms in total. The van der Waals surface area contributed by atoms with Gasteiger partial charge in [0.25, 0.3) is 5.69 Å². The maximum Gasteiger partial charge on any atom is 0.271 e. The van der Waals surface area contributed by atoms with Gasteiger partial charge in [0.05, 0.1) is 17.0 Å². The van der Waals surface area contributed by atoms with Gasteiger partial charge in [-0.3, -0.25) is 19.7 Å². The highest BCUT2D eigenvalue weighted by Crippen LogP contribution is 2.21. The van der Waals surface area contributed by atoms with E-state index in [0.717, 1.165) is 5.56 Å². The molecule has 0 heterocycles. The molecule has 0 aliphatic heterocycles. The molecule has 0 aromatic heterocycles. The summed E-state index contributed by atoms with van der Waals surface area (Å²) in [5.74, 6) is -0.610. The minimum atomic E-state index is -0.521. The highest BCUT2D eigenvalue weighted by atomic mass is 16.6. The smallest absolute Gasteiger partial charge is 0.271 e. The van der Waals surface area contributed by atoms with Crippen LogP contribution in [-0.4, -0.2) is 22.4 Å². The van der Waals surface area contributed by atoms with Gasteiger partial charge in [0.15, 0.2) is 0 Å². The Bertz CT molecular complexity index is 894. The van der Waals surface area contributed by atoms with Crippen LogP contribution in [0.5, 0.6) is 0 Å². The van der Waals surface area contributed by atoms with Gasteiger partial charge in [-0.2, -0.15) is 5.10 Å². The molecule has 0 radical (unpaired) electrons. The number of carbonyl (C=O) groups is 2. The van der Waals surface area contributed by atoms with Gasteiger partial charge < -0.3 is 5.32 Å². The van der Waals surface area contributed by atoms with Crippen molar-refractivity contribution in [2.45, 2.75) is 33.1 Å². The zero-order valence-electron chi connectivity index (χ0n) is 15.8. The van der Waals surface area contributed by atoms with Gasteiger partial charge in [0.2, 0.25) is 11.8 Å². The molecule has 0 fully saturated rings. The van der Waals surface area contributed by atoms with Gasteiger partial charge in [-0.05, 0) is 31.4 Å². The Morgan fingerprint density at radius 3 is 2.50 bits per heavy atom. The number of anilines is 1. The van der Waals surface area contributed by atoms with E-state index in [1.807, 2.05) is 30.3 Å². The third kappa shape index (κ3) is 6.64. The molecule has 0 aliphatic rings. The van der Waals surface area contributed by atoms with Crippen LogP contribution in [0.1, 0.15) is 30.9 Å². The van der Waals surface area contributed by atoms with Crippen LogP contribution in [0.2, 0.25) is 0 Å². The molecule has 28 heavy (non-hydrogen) atoms. The summed E-state index contributed by atoms with van der Waals surface area (Å²) in [6.45, 7) is 3.37. The van der Waals surface area contributed by atoms with E-state index in [0.29, 0.717) is 29.8 Å². The van der Waals surface area contributed by atoms with Gasteiger partial charge in [0.1, 0.15) is 0 Å². The number of nitrogens with one attached hydrogen (secondary N) is 2. The Hall–Kier alpha value is -3.55. The Balaban J connectivity index is 1.83. The van der Waals surface area contributed by atoms with Crippen molar-refractivity contribution in [3.8, 4) is 0 Å². The van der Waals surface area contributed by atoms with E-state index in [1.165, 1.54) is 12.1 Å². The van der Waals surface area contributed by atoms with E-state index in [9.17, 15) is 19.7 Å². The molecule has 0 saturated heterocycles. The highest BCUT2D eigenvalue weighted by molar-refractivity contribution is 6.06. The Labute approximate surface area is 162 Å². The molecule has 2 N–H and O–H groups in total. The minimum absolute atomic E-state index is 0.0406. The molecule has 0 bridgehead atoms. The van der Waals surface area contributed by atoms with Crippen LogP contribution in [0.4, 0.5) is 11.4 Å². The summed E-state index contributed by atoms with van der Waals surface area (Å²) in [7, 11) is 0. The summed E-state index contributed by atoms with van der Waals surface area (Å²) in [6.07, 6.45) is 0.856. The summed E-state index contributed by atoms with van der Waals surface area (Å²) in [5, 5.41) is 17.4. The number of hydrogen-bond donors (Lipinski definition) is 2. The van der Waals surface area contributed by atoms with E-state index in [-0.39, 0.29) is 23.9 Å². The van der Waals surface area contributed by atoms with Crippen molar-refractivity contribution >= 4 is 28.9 Å². The summed E-state index contributed by atoms with van der Waals surface area (Å²) in [5.41, 5.74) is 4.91. The first-order chi connectivity index (χ1) is 13.3. The Kier molecular flexibility index (Phi) is 7.38. The number of amides is 2. The average molecular weight is 382 g/mol. The van der Waals surface area contributed by atoms with Crippen LogP contribution in [0.25, 0.3) is 0 Å². The number of rotatable bonds is 8. The van der Waals surface area contributed by atoms with Crippen LogP contribution in [-0.2, 0) is 16.0 Å². The fourth-order valence-corrected chi connectivity index (χ4v) is 2.44. The normalized spacial score (nSPS) is 11.0. The molecule has 0 spiro atoms. The molecule has 0 aliphatic carbocycles. The SMILES string of the molecule is C/C(CC(=O)Nc1cc([N+](=O)[O-])ccc1C)=N/NC(=O)CCc1ccccc1. The Morgan fingerprint density at radius 1 is 1.11 bits per heavy atom. The maximum absolute atomic E-state index is 12.1. The number of hydrogen-bond acceptors (Lipinski definition) is 5. The second-order valence-electron chi connectivity index (χ2n) is 6.35. The fourth-order valence-electron chi connectivity index (χ4n) is 2.44. The van der Waals surface area contributed by atoms with E-state index < -0.39 is 4.92 Å². The number of nitrogens with zero attached hydrogens (tertiary/aromatic N) is 2. The van der Waals surface area contributed by atoms with Crippen LogP contribution < -0.4 is 10.7 Å². The molecule has 146 valence electrons. The summed E-state index contributed by atoms with van der Waals surface area (Å²) >= 11 is 0. The maximum atomic E-state index is 12.1. The topological polar surface area (TPSA) is 114 Å². The monoisotopic (exact) mass is 382 g/mol. The quantitative estimate of drug-likeness (QED) is 0.414. The van der Waals surface area contributed by atoms with Crippen molar-refractivity contribution in [2.24, 2.45) is 5.10 Å². The molecule has 2 aromatic carbocycles. The largest absolute Gasteiger partial charge is 0.325 e. The van der Waals surface area contributed by atoms with Gasteiger partial charge >= 0.3 is 0 Å². The molecule has 0 unspecified atom stereocenters. The zero-order valence-corrected chi connectivity index (χ0v) is 15.8. The second kappa shape index (κ2) is 9.96. The van der Waals surface area contributed by atoms with E-state index in [4.69, 9.17) is 0 Å².